The highest BCUT2D eigenvalue weighted by Crippen LogP contribution is 2.26. The molecule has 1 atom stereocenters. The van der Waals surface area contributed by atoms with Crippen molar-refractivity contribution in [2.24, 2.45) is 0 Å². The Hall–Kier alpha value is -3.09. The normalized spacial score (nSPS) is 17.8. The van der Waals surface area contributed by atoms with Gasteiger partial charge in [0, 0.05) is 43.0 Å². The number of benzene rings is 1. The van der Waals surface area contributed by atoms with Gasteiger partial charge in [0.2, 0.25) is 0 Å². The summed E-state index contributed by atoms with van der Waals surface area (Å²) in [4.78, 5) is 11.7. The number of hydrogen-bond acceptors (Lipinski definition) is 5. The van der Waals surface area contributed by atoms with Gasteiger partial charge in [0.05, 0.1) is 29.7 Å². The van der Waals surface area contributed by atoms with E-state index in [9.17, 15) is 0 Å². The topological polar surface area (TPSA) is 66.9 Å². The summed E-state index contributed by atoms with van der Waals surface area (Å²) in [7, 11) is 0. The van der Waals surface area contributed by atoms with Crippen molar-refractivity contribution in [1.82, 2.24) is 25.1 Å². The van der Waals surface area contributed by atoms with Crippen LogP contribution in [-0.4, -0.2) is 44.8 Å². The molecule has 28 heavy (non-hydrogen) atoms. The molecule has 6 nitrogen and oxygen atoms in total. The molecule has 0 saturated carbocycles. The number of rotatable bonds is 4. The van der Waals surface area contributed by atoms with Gasteiger partial charge >= 0.3 is 0 Å². The van der Waals surface area contributed by atoms with E-state index in [1.54, 1.807) is 6.20 Å². The molecule has 1 aromatic carbocycles. The van der Waals surface area contributed by atoms with Crippen LogP contribution in [0.5, 0.6) is 0 Å². The number of pyridine rings is 2. The number of morpholine rings is 1. The molecule has 1 aliphatic heterocycles. The molecule has 5 rings (SSSR count). The third kappa shape index (κ3) is 3.40. The summed E-state index contributed by atoms with van der Waals surface area (Å²) in [6.45, 7) is 3.31. The second-order valence-corrected chi connectivity index (χ2v) is 7.02. The molecule has 0 bridgehead atoms. The number of nitrogens with one attached hydrogen (secondary N) is 1. The molecule has 1 unspecified atom stereocenters. The molecule has 4 heterocycles. The molecular formula is C22H21N5O. The first-order valence-electron chi connectivity index (χ1n) is 9.49. The maximum absolute atomic E-state index is 6.05. The van der Waals surface area contributed by atoms with Crippen molar-refractivity contribution in [1.29, 1.82) is 0 Å². The molecule has 3 aromatic heterocycles. The maximum Gasteiger partial charge on any atom is 0.112 e. The van der Waals surface area contributed by atoms with Crippen molar-refractivity contribution in [2.45, 2.75) is 12.6 Å². The van der Waals surface area contributed by atoms with Crippen LogP contribution in [0.2, 0.25) is 0 Å². The molecule has 1 fully saturated rings. The van der Waals surface area contributed by atoms with E-state index in [0.29, 0.717) is 6.61 Å². The van der Waals surface area contributed by atoms with Crippen LogP contribution < -0.4 is 0 Å². The lowest BCUT2D eigenvalue weighted by atomic mass is 10.1. The Balaban J connectivity index is 1.36. The van der Waals surface area contributed by atoms with Gasteiger partial charge in [-0.3, -0.25) is 15.0 Å². The Bertz CT molecular complexity index is 1070. The van der Waals surface area contributed by atoms with E-state index in [1.165, 1.54) is 10.9 Å². The van der Waals surface area contributed by atoms with E-state index < -0.39 is 0 Å². The smallest absolute Gasteiger partial charge is 0.112 e. The SMILES string of the molecule is c1cc(-c2cn[nH]c2)nc(C2CN(Cc3cccc4ncccc34)CCO2)c1. The predicted molar refractivity (Wildman–Crippen MR) is 108 cm³/mol. The second-order valence-electron chi connectivity index (χ2n) is 7.02. The predicted octanol–water partition coefficient (Wildman–Crippen LogP) is 3.59. The van der Waals surface area contributed by atoms with Crippen molar-refractivity contribution in [2.75, 3.05) is 19.7 Å². The Morgan fingerprint density at radius 3 is 3.00 bits per heavy atom. The minimum atomic E-state index is -0.0336. The quantitative estimate of drug-likeness (QED) is 0.594. The van der Waals surface area contributed by atoms with Gasteiger partial charge in [-0.2, -0.15) is 5.10 Å². The van der Waals surface area contributed by atoms with Crippen LogP contribution in [0.3, 0.4) is 0 Å². The Morgan fingerprint density at radius 2 is 2.07 bits per heavy atom. The van der Waals surface area contributed by atoms with Gasteiger partial charge in [-0.25, -0.2) is 4.98 Å². The molecule has 140 valence electrons. The molecule has 0 spiro atoms. The van der Waals surface area contributed by atoms with Crippen molar-refractivity contribution in [3.63, 3.8) is 0 Å². The molecule has 4 aromatic rings. The fourth-order valence-corrected chi connectivity index (χ4v) is 3.75. The number of aromatic amines is 1. The summed E-state index contributed by atoms with van der Waals surface area (Å²) >= 11 is 0. The van der Waals surface area contributed by atoms with Gasteiger partial charge in [0.15, 0.2) is 0 Å². The first-order chi connectivity index (χ1) is 13.9. The van der Waals surface area contributed by atoms with E-state index in [4.69, 9.17) is 9.72 Å². The molecule has 0 radical (unpaired) electrons. The lowest BCUT2D eigenvalue weighted by Gasteiger charge is -2.33. The van der Waals surface area contributed by atoms with Crippen LogP contribution >= 0.6 is 0 Å². The largest absolute Gasteiger partial charge is 0.369 e. The summed E-state index contributed by atoms with van der Waals surface area (Å²) in [5.41, 5.74) is 5.19. The van der Waals surface area contributed by atoms with Crippen LogP contribution in [0.4, 0.5) is 0 Å². The zero-order valence-electron chi connectivity index (χ0n) is 15.5. The van der Waals surface area contributed by atoms with Crippen molar-refractivity contribution >= 4 is 10.9 Å². The number of nitrogens with zero attached hydrogens (tertiary/aromatic N) is 4. The average molecular weight is 371 g/mol. The van der Waals surface area contributed by atoms with E-state index >= 15 is 0 Å². The number of H-pyrrole nitrogens is 1. The number of aromatic nitrogens is 4. The third-order valence-electron chi connectivity index (χ3n) is 5.18. The zero-order chi connectivity index (χ0) is 18.8. The minimum absolute atomic E-state index is 0.0336. The average Bonchev–Trinajstić information content (AvgIpc) is 3.30. The molecule has 6 heteroatoms. The van der Waals surface area contributed by atoms with E-state index in [-0.39, 0.29) is 6.10 Å². The van der Waals surface area contributed by atoms with Gasteiger partial charge in [-0.05, 0) is 29.8 Å². The van der Waals surface area contributed by atoms with Crippen LogP contribution in [-0.2, 0) is 11.3 Å². The summed E-state index contributed by atoms with van der Waals surface area (Å²) in [5.74, 6) is 0. The third-order valence-corrected chi connectivity index (χ3v) is 5.18. The molecule has 0 amide bonds. The minimum Gasteiger partial charge on any atom is -0.369 e. The van der Waals surface area contributed by atoms with Gasteiger partial charge in [0.25, 0.3) is 0 Å². The van der Waals surface area contributed by atoms with Gasteiger partial charge in [-0.1, -0.05) is 24.3 Å². The van der Waals surface area contributed by atoms with E-state index in [0.717, 1.165) is 42.1 Å². The lowest BCUT2D eigenvalue weighted by molar-refractivity contribution is -0.0348. The fourth-order valence-electron chi connectivity index (χ4n) is 3.75. The van der Waals surface area contributed by atoms with Crippen LogP contribution in [0.15, 0.2) is 67.1 Å². The fraction of sp³-hybridized carbons (Fsp3) is 0.227. The Morgan fingerprint density at radius 1 is 1.11 bits per heavy atom. The van der Waals surface area contributed by atoms with Crippen molar-refractivity contribution in [3.8, 4) is 11.3 Å². The number of ether oxygens (including phenoxy) is 1. The molecule has 1 N–H and O–H groups in total. The van der Waals surface area contributed by atoms with E-state index in [2.05, 4.69) is 44.3 Å². The molecule has 1 saturated heterocycles. The summed E-state index contributed by atoms with van der Waals surface area (Å²) in [5, 5.41) is 8.07. The highest BCUT2D eigenvalue weighted by atomic mass is 16.5. The Labute approximate surface area is 163 Å². The first kappa shape index (κ1) is 17.0. The van der Waals surface area contributed by atoms with Crippen LogP contribution in [0.1, 0.15) is 17.4 Å². The highest BCUT2D eigenvalue weighted by molar-refractivity contribution is 5.81. The molecule has 0 aliphatic carbocycles. The van der Waals surface area contributed by atoms with Crippen molar-refractivity contribution in [3.05, 3.63) is 78.4 Å². The summed E-state index contributed by atoms with van der Waals surface area (Å²) in [6.07, 6.45) is 5.45. The summed E-state index contributed by atoms with van der Waals surface area (Å²) < 4.78 is 6.05. The standard InChI is InChI=1S/C22H21N5O/c1-4-16(18-5-3-9-23-20(18)7-1)14-27-10-11-28-22(15-27)21-8-2-6-19(26-21)17-12-24-25-13-17/h1-9,12-13,22H,10-11,14-15H2,(H,24,25). The van der Waals surface area contributed by atoms with Crippen LogP contribution in [0, 0.1) is 0 Å². The first-order valence-corrected chi connectivity index (χ1v) is 9.49. The number of hydrogen-bond donors (Lipinski definition) is 1. The van der Waals surface area contributed by atoms with Gasteiger partial charge in [0.1, 0.15) is 6.10 Å². The van der Waals surface area contributed by atoms with Crippen LogP contribution in [0.25, 0.3) is 22.2 Å². The lowest BCUT2D eigenvalue weighted by Crippen LogP contribution is -2.38. The summed E-state index contributed by atoms with van der Waals surface area (Å²) in [6, 6.07) is 16.5. The van der Waals surface area contributed by atoms with Gasteiger partial charge < -0.3 is 4.74 Å². The zero-order valence-corrected chi connectivity index (χ0v) is 15.5. The highest BCUT2D eigenvalue weighted by Gasteiger charge is 2.24. The van der Waals surface area contributed by atoms with E-state index in [1.807, 2.05) is 36.7 Å². The Kier molecular flexibility index (Phi) is 4.56. The van der Waals surface area contributed by atoms with Crippen molar-refractivity contribution < 1.29 is 4.74 Å². The molecular weight excluding hydrogens is 350 g/mol. The molecule has 1 aliphatic rings. The second kappa shape index (κ2) is 7.50. The maximum atomic E-state index is 6.05. The monoisotopic (exact) mass is 371 g/mol. The van der Waals surface area contributed by atoms with Gasteiger partial charge in [-0.15, -0.1) is 0 Å². The number of fused-ring (bicyclic) bond motifs is 1.